The van der Waals surface area contributed by atoms with E-state index in [0.717, 1.165) is 51.4 Å². The van der Waals surface area contributed by atoms with Gasteiger partial charge in [-0.3, -0.25) is 0 Å². The predicted molar refractivity (Wildman–Crippen MR) is 324 cm³/mol. The average Bonchev–Trinajstić information content (AvgIpc) is 3.43. The van der Waals surface area contributed by atoms with Gasteiger partial charge in [-0.2, -0.15) is 0 Å². The van der Waals surface area contributed by atoms with E-state index in [2.05, 4.69) is 65.8 Å². The first-order chi connectivity index (χ1) is 37.2. The number of carbonyl (C=O) groups excluding carboxylic acids is 4. The Morgan fingerprint density at radius 2 is 0.571 bits per heavy atom. The number of carbonyl (C=O) groups is 4. The van der Waals surface area contributed by atoms with Crippen molar-refractivity contribution in [2.75, 3.05) is 13.2 Å². The van der Waals surface area contributed by atoms with Crippen molar-refractivity contribution in [2.45, 2.75) is 285 Å². The molecule has 2 rings (SSSR count). The van der Waals surface area contributed by atoms with E-state index in [4.69, 9.17) is 9.47 Å². The first kappa shape index (κ1) is 77.8. The fourth-order valence-corrected chi connectivity index (χ4v) is 8.45. The van der Waals surface area contributed by atoms with Crippen molar-refractivity contribution in [3.05, 3.63) is 109 Å². The van der Waals surface area contributed by atoms with Crippen LogP contribution in [0.4, 0.5) is 0 Å². The van der Waals surface area contributed by atoms with Gasteiger partial charge in [-0.25, -0.2) is 9.59 Å². The third-order valence-corrected chi connectivity index (χ3v) is 13.2. The van der Waals surface area contributed by atoms with Crippen LogP contribution in [0, 0.1) is 13.8 Å². The Morgan fingerprint density at radius 3 is 0.818 bits per heavy atom. The second-order valence-corrected chi connectivity index (χ2v) is 20.3. The normalized spacial score (nSPS) is 10.7. The molecule has 9 heteroatoms. The summed E-state index contributed by atoms with van der Waals surface area (Å²) in [5, 5.41) is 22.1. The minimum Gasteiger partial charge on any atom is -0.545 e. The number of aromatic carboxylic acids is 2. The van der Waals surface area contributed by atoms with Crippen molar-refractivity contribution >= 4 is 47.8 Å². The maximum absolute atomic E-state index is 12.0. The molecule has 0 unspecified atom stereocenters. The first-order valence-electron chi connectivity index (χ1n) is 31.0. The summed E-state index contributed by atoms with van der Waals surface area (Å²) in [6.45, 7) is 17.1. The van der Waals surface area contributed by atoms with Crippen molar-refractivity contribution in [1.29, 1.82) is 0 Å². The van der Waals surface area contributed by atoms with Crippen LogP contribution in [0.15, 0.2) is 72.8 Å². The van der Waals surface area contributed by atoms with E-state index in [-0.39, 0.29) is 59.4 Å². The molecule has 0 bridgehead atoms. The summed E-state index contributed by atoms with van der Waals surface area (Å²) in [6, 6.07) is 11.9. The van der Waals surface area contributed by atoms with E-state index < -0.39 is 23.9 Å². The van der Waals surface area contributed by atoms with Gasteiger partial charge in [0.05, 0.1) is 36.3 Å². The molecule has 0 aromatic heterocycles. The summed E-state index contributed by atoms with van der Waals surface area (Å²) in [5.74, 6) is -3.96. The third kappa shape index (κ3) is 53.0. The summed E-state index contributed by atoms with van der Waals surface area (Å²) in [7, 11) is 0. The molecule has 0 atom stereocenters. The molecule has 0 aliphatic heterocycles. The molecule has 77 heavy (non-hydrogen) atoms. The molecule has 436 valence electrons. The Bertz CT molecular complexity index is 1540. The number of ether oxygens (including phenoxy) is 2. The van der Waals surface area contributed by atoms with Crippen LogP contribution in [0.5, 0.6) is 0 Å². The van der Waals surface area contributed by atoms with Crippen LogP contribution in [-0.2, 0) is 9.47 Å². The number of allylic oxidation sites excluding steroid dienone is 4. The zero-order valence-corrected chi connectivity index (χ0v) is 52.7. The number of unbranched alkanes of at least 4 members (excludes halogenated alkanes) is 34. The van der Waals surface area contributed by atoms with Crippen LogP contribution in [-0.4, -0.2) is 61.0 Å². The van der Waals surface area contributed by atoms with Crippen LogP contribution < -0.4 is 10.2 Å². The van der Waals surface area contributed by atoms with Gasteiger partial charge in [0.2, 0.25) is 0 Å². The molecule has 0 fully saturated rings. The molecule has 2 aromatic carbocycles. The topological polar surface area (TPSA) is 133 Å². The van der Waals surface area contributed by atoms with Crippen molar-refractivity contribution in [3.8, 4) is 0 Å². The maximum Gasteiger partial charge on any atom is 2.00 e. The summed E-state index contributed by atoms with van der Waals surface area (Å²) < 4.78 is 10.3. The minimum absolute atomic E-state index is 0. The molecule has 4 radical (unpaired) electrons. The van der Waals surface area contributed by atoms with E-state index in [1.165, 1.54) is 230 Å². The summed E-state index contributed by atoms with van der Waals surface area (Å²) in [4.78, 5) is 46.1. The monoisotopic (exact) mass is 1180 g/mol. The zero-order chi connectivity index (χ0) is 56.2. The van der Waals surface area contributed by atoms with E-state index in [9.17, 15) is 29.4 Å². The van der Waals surface area contributed by atoms with Gasteiger partial charge >= 0.3 is 35.8 Å². The van der Waals surface area contributed by atoms with Gasteiger partial charge in [0.15, 0.2) is 0 Å². The second kappa shape index (κ2) is 63.4. The molecular formula is C68H112O8Sn. The standard InChI is InChI=1S/2C26H40O4.2C8H17.Sn/c2*1-2-3-4-5-6-7-8-9-10-11-12-13-14-15-16-19-22-30-26(29)24-21-18-17-20-23(24)25(27)28;2*1-3-5-7-8-6-4-2;/h2*14-15,17-18,20-21H,2-13,16,19,22H2,1H3,(H,27,28);2*1,3-8H2,2H3;/q;;;;+2/p-2/b2*15-14+;;;. The SMILES string of the molecule is CCCCCCCCCCCCC/C=C/CCCOC(=O)c1ccccc1C(=O)[O-].CCCCCCCCCCCCC/C=C/CCCOC(=O)c1ccccc1C(=O)[O-].[CH2]CCCCCCC.[CH2]CCCCCCC.[Sn+2]. The Labute approximate surface area is 490 Å². The van der Waals surface area contributed by atoms with Crippen LogP contribution >= 0.6 is 0 Å². The van der Waals surface area contributed by atoms with Crippen LogP contribution in [0.25, 0.3) is 0 Å². The Balaban J connectivity index is -0.00000109. The van der Waals surface area contributed by atoms with Gasteiger partial charge in [0.1, 0.15) is 0 Å². The maximum atomic E-state index is 12.0. The number of carboxylic acids is 2. The smallest absolute Gasteiger partial charge is 0.545 e. The van der Waals surface area contributed by atoms with E-state index >= 15 is 0 Å². The fourth-order valence-electron chi connectivity index (χ4n) is 8.45. The van der Waals surface area contributed by atoms with Gasteiger partial charge < -0.3 is 29.3 Å². The number of carboxylic acid groups (broad SMARTS) is 2. The van der Waals surface area contributed by atoms with E-state index in [0.29, 0.717) is 0 Å². The van der Waals surface area contributed by atoms with Crippen molar-refractivity contribution < 1.29 is 38.9 Å². The van der Waals surface area contributed by atoms with E-state index in [1.807, 2.05) is 0 Å². The number of esters is 2. The molecule has 0 saturated carbocycles. The molecule has 2 aromatic rings. The van der Waals surface area contributed by atoms with Crippen molar-refractivity contribution in [2.24, 2.45) is 0 Å². The molecule has 0 aliphatic rings. The minimum atomic E-state index is -1.37. The van der Waals surface area contributed by atoms with Crippen LogP contribution in [0.2, 0.25) is 0 Å². The number of rotatable bonds is 46. The van der Waals surface area contributed by atoms with Gasteiger partial charge in [-0.1, -0.05) is 308 Å². The Kier molecular flexibility index (Phi) is 64.1. The third-order valence-electron chi connectivity index (χ3n) is 13.2. The Morgan fingerprint density at radius 1 is 0.351 bits per heavy atom. The van der Waals surface area contributed by atoms with Crippen LogP contribution in [0.1, 0.15) is 326 Å². The van der Waals surface area contributed by atoms with Crippen molar-refractivity contribution in [1.82, 2.24) is 0 Å². The zero-order valence-electron chi connectivity index (χ0n) is 49.8. The molecule has 0 aliphatic carbocycles. The summed E-state index contributed by atoms with van der Waals surface area (Å²) >= 11 is 0. The number of hydrogen-bond acceptors (Lipinski definition) is 8. The quantitative estimate of drug-likeness (QED) is 0.0277. The number of benzene rings is 2. The largest absolute Gasteiger partial charge is 2.00 e. The average molecular weight is 1180 g/mol. The van der Waals surface area contributed by atoms with E-state index in [1.54, 1.807) is 24.3 Å². The second-order valence-electron chi connectivity index (χ2n) is 20.3. The molecule has 0 spiro atoms. The fraction of sp³-hybridized carbons (Fsp3) is 0.676. The summed E-state index contributed by atoms with van der Waals surface area (Å²) in [5.41, 5.74) is -0.169. The molecule has 0 N–H and O–H groups in total. The molecular weight excluding hydrogens is 1060 g/mol. The van der Waals surface area contributed by atoms with Crippen molar-refractivity contribution in [3.63, 3.8) is 0 Å². The molecule has 0 saturated heterocycles. The van der Waals surface area contributed by atoms with Gasteiger partial charge in [-0.15, -0.1) is 0 Å². The molecule has 8 nitrogen and oxygen atoms in total. The van der Waals surface area contributed by atoms with Gasteiger partial charge in [0.25, 0.3) is 0 Å². The van der Waals surface area contributed by atoms with Gasteiger partial charge in [0, 0.05) is 11.1 Å². The number of hydrogen-bond donors (Lipinski definition) is 0. The molecule has 0 heterocycles. The first-order valence-corrected chi connectivity index (χ1v) is 31.0. The molecule has 0 amide bonds. The predicted octanol–water partition coefficient (Wildman–Crippen LogP) is 18.5. The Hall–Kier alpha value is -3.40. The van der Waals surface area contributed by atoms with Gasteiger partial charge in [-0.05, 0) is 63.5 Å². The van der Waals surface area contributed by atoms with Crippen LogP contribution in [0.3, 0.4) is 0 Å². The summed E-state index contributed by atoms with van der Waals surface area (Å²) in [6.07, 6.45) is 59.9.